The summed E-state index contributed by atoms with van der Waals surface area (Å²) in [4.78, 5) is 9.05. The molecule has 0 N–H and O–H groups in total. The van der Waals surface area contributed by atoms with Gasteiger partial charge in [-0.2, -0.15) is 10.5 Å². The van der Waals surface area contributed by atoms with Gasteiger partial charge in [0.25, 0.3) is 0 Å². The van der Waals surface area contributed by atoms with E-state index in [0.717, 1.165) is 265 Å². The summed E-state index contributed by atoms with van der Waals surface area (Å²) in [5.74, 6) is 0.859. The Morgan fingerprint density at radius 1 is 0.188 bits per heavy atom. The number of nitrogens with zero attached hydrogens (tertiary/aromatic N) is 6. The van der Waals surface area contributed by atoms with Crippen LogP contribution in [0.3, 0.4) is 0 Å². The van der Waals surface area contributed by atoms with Gasteiger partial charge in [0.05, 0.1) is 34.6 Å². The Hall–Kier alpha value is -19.1. The lowest BCUT2D eigenvalue weighted by Crippen LogP contribution is -2.10. The molecule has 28 rings (SSSR count). The van der Waals surface area contributed by atoms with Gasteiger partial charge in [0.15, 0.2) is 11.2 Å². The lowest BCUT2D eigenvalue weighted by atomic mass is 10.0. The van der Waals surface area contributed by atoms with E-state index in [1.54, 1.807) is 0 Å². The summed E-state index contributed by atoms with van der Waals surface area (Å²) in [5, 5.41) is 40.4. The summed E-state index contributed by atoms with van der Waals surface area (Å²) < 4.78 is 40.6. The summed E-state index contributed by atoms with van der Waals surface area (Å²) in [6.45, 7) is 8.81. The van der Waals surface area contributed by atoms with E-state index in [1.165, 1.54) is 11.1 Å². The second kappa shape index (κ2) is 33.9. The second-order valence-corrected chi connectivity index (χ2v) is 38.0. The number of hydrogen-bond donors (Lipinski definition) is 0. The van der Waals surface area contributed by atoms with Crippen LogP contribution in [0.4, 0.5) is 68.2 Å². The van der Waals surface area contributed by atoms with Gasteiger partial charge in [-0.1, -0.05) is 234 Å². The Kier molecular flexibility index (Phi) is 19.8. The highest BCUT2D eigenvalue weighted by atomic mass is 16.4. The van der Waals surface area contributed by atoms with E-state index in [4.69, 9.17) is 26.5 Å². The van der Waals surface area contributed by atoms with Crippen LogP contribution in [0.2, 0.25) is 0 Å². The molecule has 6 aromatic heterocycles. The molecule has 0 aliphatic carbocycles. The van der Waals surface area contributed by atoms with Gasteiger partial charge in [-0.3, -0.25) is 0 Å². The Morgan fingerprint density at radius 2 is 0.444 bits per heavy atom. The van der Waals surface area contributed by atoms with Crippen LogP contribution in [-0.4, -0.2) is 0 Å². The molecule has 12 heteroatoms. The molecule has 22 aromatic carbocycles. The molecule has 12 nitrogen and oxygen atoms in total. The molecule has 0 saturated carbocycles. The zero-order valence-electron chi connectivity index (χ0n) is 78.9. The van der Waals surface area contributed by atoms with Crippen LogP contribution in [0.1, 0.15) is 61.8 Å². The zero-order chi connectivity index (χ0) is 96.1. The van der Waals surface area contributed by atoms with Gasteiger partial charge < -0.3 is 46.1 Å². The average Bonchev–Trinajstić information content (AvgIpc) is 1.58. The highest BCUT2D eigenvalue weighted by Gasteiger charge is 2.28. The number of hydrogen-bond acceptors (Lipinski definition) is 12. The largest absolute Gasteiger partial charge is 0.456 e. The minimum atomic E-state index is 0.430. The first-order chi connectivity index (χ1) is 70.8. The number of benzene rings is 22. The van der Waals surface area contributed by atoms with E-state index in [2.05, 4.69) is 429 Å². The van der Waals surface area contributed by atoms with Crippen molar-refractivity contribution in [3.05, 3.63) is 459 Å². The Morgan fingerprint density at radius 3 is 0.750 bits per heavy atom. The maximum absolute atomic E-state index is 9.50. The van der Waals surface area contributed by atoms with Crippen LogP contribution in [0.25, 0.3) is 197 Å². The van der Waals surface area contributed by atoms with Crippen LogP contribution in [0.5, 0.6) is 0 Å². The Balaban J connectivity index is 0.000000147. The number of para-hydroxylation sites is 6. The van der Waals surface area contributed by atoms with Gasteiger partial charge in [0.2, 0.25) is 0 Å². The third-order valence-corrected chi connectivity index (χ3v) is 28.8. The third kappa shape index (κ3) is 14.3. The molecule has 0 radical (unpaired) electrons. The molecular weight excluding hydrogens is 1770 g/mol. The molecular formula is C132H86N6O6. The van der Waals surface area contributed by atoms with Crippen LogP contribution >= 0.6 is 0 Å². The topological polar surface area (TPSA) is 139 Å². The van der Waals surface area contributed by atoms with Crippen molar-refractivity contribution in [2.45, 2.75) is 39.5 Å². The molecule has 6 heterocycles. The van der Waals surface area contributed by atoms with Gasteiger partial charge in [-0.25, -0.2) is 0 Å². The van der Waals surface area contributed by atoms with E-state index in [0.29, 0.717) is 23.0 Å². The summed E-state index contributed by atoms with van der Waals surface area (Å²) in [6, 6.07) is 158. The van der Waals surface area contributed by atoms with Crippen molar-refractivity contribution in [1.29, 1.82) is 10.5 Å². The first-order valence-corrected chi connectivity index (χ1v) is 48.8. The number of rotatable bonds is 16. The first-order valence-electron chi connectivity index (χ1n) is 48.8. The standard InChI is InChI=1S/C74H44N2O4.C58H42N4O2/c1-5-17-45(18-6-1)55-25-13-27-57-59-29-15-31-65(73(59)79-71(55)57)75(51-21-9-3-10-22-51)53-35-33-47-39-61-63-43-64-62-40-48-34-36-54(38-50(48)42-68(62)78-70(64)44-69(63)77-67(61)41-49(47)37-53)76(52-23-11-4-12-24-52)66-32-16-30-60-58-28-14-26-56(72(58)80-74(60)66)46-19-7-2-8-20-46;1-35(2)39-9-19-47(20-10-39)61(45-15-5-37(33-59)6-16-45)49-23-13-41-27-51-53-31-54-52-28-42-14-24-50(26-44(42)30-56(52)64-58(54)32-57(53)63-55(51)29-43(41)25-49)62(46-17-7-38(34-60)8-18-46)48-21-11-40(12-22-48)36(3)4/h1-44H;5-32,35-36H,1-4H3. The van der Waals surface area contributed by atoms with Crippen LogP contribution in [0, 0.1) is 22.7 Å². The summed E-state index contributed by atoms with van der Waals surface area (Å²) >= 11 is 0. The van der Waals surface area contributed by atoms with Crippen molar-refractivity contribution in [3.8, 4) is 34.4 Å². The fourth-order valence-corrected chi connectivity index (χ4v) is 21.5. The highest BCUT2D eigenvalue weighted by Crippen LogP contribution is 2.52. The van der Waals surface area contributed by atoms with E-state index in [1.807, 2.05) is 66.7 Å². The summed E-state index contributed by atoms with van der Waals surface area (Å²) in [6.07, 6.45) is 0. The summed E-state index contributed by atoms with van der Waals surface area (Å²) in [7, 11) is 0. The summed E-state index contributed by atoms with van der Waals surface area (Å²) in [5.41, 5.74) is 30.0. The predicted octanol–water partition coefficient (Wildman–Crippen LogP) is 38.6. The molecule has 0 aliphatic heterocycles. The van der Waals surface area contributed by atoms with E-state index >= 15 is 0 Å². The number of furan rings is 6. The van der Waals surface area contributed by atoms with Crippen molar-refractivity contribution in [3.63, 3.8) is 0 Å². The van der Waals surface area contributed by atoms with Gasteiger partial charge in [0, 0.05) is 145 Å². The minimum Gasteiger partial charge on any atom is -0.456 e. The van der Waals surface area contributed by atoms with Crippen LogP contribution in [0.15, 0.2) is 463 Å². The molecule has 0 fully saturated rings. The third-order valence-electron chi connectivity index (χ3n) is 28.8. The average molecular weight is 1850 g/mol. The molecule has 144 heavy (non-hydrogen) atoms. The van der Waals surface area contributed by atoms with E-state index < -0.39 is 0 Å². The van der Waals surface area contributed by atoms with Crippen LogP contribution < -0.4 is 19.6 Å². The Labute approximate surface area is 826 Å². The fourth-order valence-electron chi connectivity index (χ4n) is 21.5. The molecule has 0 saturated heterocycles. The van der Waals surface area contributed by atoms with E-state index in [-0.39, 0.29) is 0 Å². The molecule has 0 amide bonds. The normalized spacial score (nSPS) is 11.9. The number of anilines is 12. The Bertz CT molecular complexity index is 9560. The second-order valence-electron chi connectivity index (χ2n) is 38.0. The number of nitriles is 2. The maximum Gasteiger partial charge on any atom is 0.159 e. The molecule has 0 atom stereocenters. The maximum atomic E-state index is 9.50. The molecule has 0 spiro atoms. The van der Waals surface area contributed by atoms with Crippen molar-refractivity contribution < 1.29 is 26.5 Å². The van der Waals surface area contributed by atoms with Crippen molar-refractivity contribution in [1.82, 2.24) is 0 Å². The monoisotopic (exact) mass is 1850 g/mol. The fraction of sp³-hybridized carbons (Fsp3) is 0.0455. The lowest BCUT2D eigenvalue weighted by molar-refractivity contribution is 0.656. The molecule has 0 aliphatic rings. The highest BCUT2D eigenvalue weighted by molar-refractivity contribution is 6.23. The minimum absolute atomic E-state index is 0.430. The van der Waals surface area contributed by atoms with Crippen molar-refractivity contribution in [2.75, 3.05) is 19.6 Å². The number of fused-ring (bicyclic) bond motifs is 22. The van der Waals surface area contributed by atoms with Crippen LogP contribution in [-0.2, 0) is 0 Å². The van der Waals surface area contributed by atoms with Gasteiger partial charge in [-0.05, 0) is 296 Å². The van der Waals surface area contributed by atoms with E-state index in [9.17, 15) is 10.5 Å². The lowest BCUT2D eigenvalue weighted by Gasteiger charge is -2.26. The van der Waals surface area contributed by atoms with Gasteiger partial charge in [-0.15, -0.1) is 0 Å². The molecule has 0 unspecified atom stereocenters. The molecule has 0 bridgehead atoms. The predicted molar refractivity (Wildman–Crippen MR) is 594 cm³/mol. The van der Waals surface area contributed by atoms with Crippen molar-refractivity contribution in [2.24, 2.45) is 0 Å². The molecule has 28 aromatic rings. The zero-order valence-corrected chi connectivity index (χ0v) is 78.9. The van der Waals surface area contributed by atoms with Gasteiger partial charge >= 0.3 is 0 Å². The quantitative estimate of drug-likeness (QED) is 0.0910. The SMILES string of the molecule is CC(C)c1ccc(N(c2ccc(C#N)cc2)c2ccc3cc4c(cc3c2)oc2cc3oc5cc6cc(N(c7ccc(C#N)cc7)c7ccc(C(C)C)cc7)ccc6cc5c3cc24)cc1.c1ccc(-c2cccc3c2oc2c(N(c4ccccc4)c4ccc5cc6c(cc5c4)oc4cc5oc7cc8cc(N(c9ccccc9)c9cccc%10c9oc9c(-c%11ccccc%11)cccc9%10)ccc8cc7c5cc46)cccc23)cc1. The van der Waals surface area contributed by atoms with Gasteiger partial charge in [0.1, 0.15) is 55.8 Å². The molecule has 680 valence electrons. The smallest absolute Gasteiger partial charge is 0.159 e. The first kappa shape index (κ1) is 84.2. The van der Waals surface area contributed by atoms with Crippen molar-refractivity contribution >= 4 is 243 Å².